The van der Waals surface area contributed by atoms with Crippen molar-refractivity contribution in [3.8, 4) is 0 Å². The van der Waals surface area contributed by atoms with Gasteiger partial charge in [-0.3, -0.25) is 14.5 Å². The molecule has 2 rings (SSSR count). The highest BCUT2D eigenvalue weighted by Crippen LogP contribution is 2.18. The summed E-state index contributed by atoms with van der Waals surface area (Å²) in [5.41, 5.74) is -0.0918. The van der Waals surface area contributed by atoms with E-state index in [1.807, 2.05) is 32.7 Å². The zero-order valence-electron chi connectivity index (χ0n) is 16.3. The molecule has 0 unspecified atom stereocenters. The second-order valence-electron chi connectivity index (χ2n) is 8.52. The van der Waals surface area contributed by atoms with Crippen LogP contribution >= 0.6 is 0 Å². The van der Waals surface area contributed by atoms with Gasteiger partial charge in [0.1, 0.15) is 6.04 Å². The maximum Gasteiger partial charge on any atom is 0.407 e. The molecule has 8 heteroatoms. The molecule has 0 spiro atoms. The van der Waals surface area contributed by atoms with Gasteiger partial charge in [0.2, 0.25) is 11.8 Å². The minimum atomic E-state index is -0.470. The fourth-order valence-corrected chi connectivity index (χ4v) is 3.25. The molecule has 2 aliphatic heterocycles. The van der Waals surface area contributed by atoms with Crippen LogP contribution in [0, 0.1) is 5.41 Å². The molecule has 0 aliphatic carbocycles. The molecule has 0 aromatic rings. The summed E-state index contributed by atoms with van der Waals surface area (Å²) >= 11 is 0. The molecule has 0 aromatic heterocycles. The summed E-state index contributed by atoms with van der Waals surface area (Å²) in [6, 6.07) is -0.979. The molecule has 0 bridgehead atoms. The van der Waals surface area contributed by atoms with E-state index in [1.54, 1.807) is 0 Å². The lowest BCUT2D eigenvalue weighted by molar-refractivity contribution is -0.131. The number of hydrogen-bond acceptors (Lipinski definition) is 5. The molecular formula is C18H32N4O4. The van der Waals surface area contributed by atoms with Crippen LogP contribution < -0.4 is 16.0 Å². The predicted octanol–water partition coefficient (Wildman–Crippen LogP) is 0.616. The largest absolute Gasteiger partial charge is 0.449 e. The molecule has 2 fully saturated rings. The molecule has 0 aromatic carbocycles. The maximum absolute atomic E-state index is 12.6. The van der Waals surface area contributed by atoms with Gasteiger partial charge in [0, 0.05) is 19.1 Å². The Labute approximate surface area is 155 Å². The quantitative estimate of drug-likeness (QED) is 0.675. The summed E-state index contributed by atoms with van der Waals surface area (Å²) in [5, 5.41) is 8.51. The zero-order chi connectivity index (χ0) is 19.3. The highest BCUT2D eigenvalue weighted by Gasteiger charge is 2.37. The number of carbonyl (C=O) groups excluding carboxylic acids is 3. The van der Waals surface area contributed by atoms with Gasteiger partial charge in [-0.1, -0.05) is 20.8 Å². The Morgan fingerprint density at radius 2 is 2.00 bits per heavy atom. The van der Waals surface area contributed by atoms with Crippen LogP contribution in [0.1, 0.15) is 46.5 Å². The highest BCUT2D eigenvalue weighted by molar-refractivity contribution is 5.90. The molecule has 3 atom stereocenters. The Bertz CT molecular complexity index is 532. The summed E-state index contributed by atoms with van der Waals surface area (Å²) in [6.07, 6.45) is 2.55. The zero-order valence-corrected chi connectivity index (χ0v) is 16.3. The normalized spacial score (nSPS) is 27.4. The highest BCUT2D eigenvalue weighted by atomic mass is 16.5. The Kier molecular flexibility index (Phi) is 6.86. The van der Waals surface area contributed by atoms with Crippen molar-refractivity contribution in [2.75, 3.05) is 26.7 Å². The molecule has 26 heavy (non-hydrogen) atoms. The van der Waals surface area contributed by atoms with E-state index in [0.717, 1.165) is 12.8 Å². The SMILES string of the molecule is CN1C[C@@H](NC(=O)OCC(C)(C)C)C[C@H]1C(=O)N[C@H]1CCCCNC1=O. The van der Waals surface area contributed by atoms with Crippen LogP contribution in [0.3, 0.4) is 0 Å². The minimum Gasteiger partial charge on any atom is -0.449 e. The number of amides is 3. The first-order chi connectivity index (χ1) is 12.2. The van der Waals surface area contributed by atoms with Crippen molar-refractivity contribution in [3.63, 3.8) is 0 Å². The molecule has 2 saturated heterocycles. The topological polar surface area (TPSA) is 99.8 Å². The molecule has 8 nitrogen and oxygen atoms in total. The van der Waals surface area contributed by atoms with Gasteiger partial charge in [-0.2, -0.15) is 0 Å². The average Bonchev–Trinajstić information content (AvgIpc) is 2.78. The maximum atomic E-state index is 12.6. The standard InChI is InChI=1S/C18H32N4O4/c1-18(2,3)11-26-17(25)20-12-9-14(22(4)10-12)16(24)21-13-7-5-6-8-19-15(13)23/h12-14H,5-11H2,1-4H3,(H,19,23)(H,20,25)(H,21,24)/t12-,13-,14-/m0/s1. The molecule has 3 amide bonds. The van der Waals surface area contributed by atoms with Gasteiger partial charge in [-0.05, 0) is 38.1 Å². The van der Waals surface area contributed by atoms with E-state index in [-0.39, 0.29) is 29.3 Å². The van der Waals surface area contributed by atoms with E-state index in [2.05, 4.69) is 16.0 Å². The Morgan fingerprint density at radius 3 is 2.69 bits per heavy atom. The van der Waals surface area contributed by atoms with Gasteiger partial charge in [-0.15, -0.1) is 0 Å². The number of alkyl carbamates (subject to hydrolysis) is 1. The molecule has 0 saturated carbocycles. The number of rotatable bonds is 4. The Morgan fingerprint density at radius 1 is 1.27 bits per heavy atom. The second kappa shape index (κ2) is 8.70. The first kappa shape index (κ1) is 20.5. The van der Waals surface area contributed by atoms with Gasteiger partial charge in [-0.25, -0.2) is 4.79 Å². The third kappa shape index (κ3) is 6.16. The summed E-state index contributed by atoms with van der Waals surface area (Å²) in [4.78, 5) is 38.4. The fraction of sp³-hybridized carbons (Fsp3) is 0.833. The van der Waals surface area contributed by atoms with Crippen molar-refractivity contribution in [1.29, 1.82) is 0 Å². The van der Waals surface area contributed by atoms with Crippen LogP contribution in [-0.2, 0) is 14.3 Å². The lowest BCUT2D eigenvalue weighted by atomic mass is 9.99. The van der Waals surface area contributed by atoms with Gasteiger partial charge >= 0.3 is 6.09 Å². The lowest BCUT2D eigenvalue weighted by Crippen LogP contribution is -2.50. The van der Waals surface area contributed by atoms with Crippen LogP contribution in [-0.4, -0.2) is 67.7 Å². The smallest absolute Gasteiger partial charge is 0.407 e. The van der Waals surface area contributed by atoms with Crippen LogP contribution in [0.5, 0.6) is 0 Å². The third-order valence-corrected chi connectivity index (χ3v) is 4.66. The number of nitrogens with one attached hydrogen (secondary N) is 3. The fourth-order valence-electron chi connectivity index (χ4n) is 3.25. The van der Waals surface area contributed by atoms with Crippen molar-refractivity contribution in [3.05, 3.63) is 0 Å². The second-order valence-corrected chi connectivity index (χ2v) is 8.52. The molecule has 2 heterocycles. The molecule has 0 radical (unpaired) electrons. The molecule has 3 N–H and O–H groups in total. The summed E-state index contributed by atoms with van der Waals surface area (Å²) in [7, 11) is 1.85. The Hall–Kier alpha value is -1.83. The van der Waals surface area contributed by atoms with Crippen LogP contribution in [0.25, 0.3) is 0 Å². The van der Waals surface area contributed by atoms with Crippen molar-refractivity contribution < 1.29 is 19.1 Å². The first-order valence-electron chi connectivity index (χ1n) is 9.37. The van der Waals surface area contributed by atoms with Crippen molar-refractivity contribution in [2.24, 2.45) is 5.41 Å². The monoisotopic (exact) mass is 368 g/mol. The van der Waals surface area contributed by atoms with E-state index in [9.17, 15) is 14.4 Å². The van der Waals surface area contributed by atoms with Gasteiger partial charge < -0.3 is 20.7 Å². The number of likely N-dealkylation sites (N-methyl/N-ethyl adjacent to an activating group) is 1. The average molecular weight is 368 g/mol. The number of carbonyl (C=O) groups is 3. The molecule has 148 valence electrons. The summed E-state index contributed by atoms with van der Waals surface area (Å²) in [5.74, 6) is -0.279. The van der Waals surface area contributed by atoms with Crippen molar-refractivity contribution >= 4 is 17.9 Å². The van der Waals surface area contributed by atoms with Crippen molar-refractivity contribution in [1.82, 2.24) is 20.9 Å². The first-order valence-corrected chi connectivity index (χ1v) is 9.37. The molecular weight excluding hydrogens is 336 g/mol. The number of hydrogen-bond donors (Lipinski definition) is 3. The van der Waals surface area contributed by atoms with Gasteiger partial charge in [0.05, 0.1) is 12.6 Å². The lowest BCUT2D eigenvalue weighted by Gasteiger charge is -2.22. The van der Waals surface area contributed by atoms with E-state index in [1.165, 1.54) is 0 Å². The van der Waals surface area contributed by atoms with Crippen LogP contribution in [0.15, 0.2) is 0 Å². The number of nitrogens with zero attached hydrogens (tertiary/aromatic N) is 1. The number of likely N-dealkylation sites (tertiary alicyclic amines) is 1. The van der Waals surface area contributed by atoms with E-state index in [0.29, 0.717) is 32.5 Å². The van der Waals surface area contributed by atoms with Crippen LogP contribution in [0.4, 0.5) is 4.79 Å². The summed E-state index contributed by atoms with van der Waals surface area (Å²) in [6.45, 7) is 7.55. The third-order valence-electron chi connectivity index (χ3n) is 4.66. The van der Waals surface area contributed by atoms with E-state index in [4.69, 9.17) is 4.74 Å². The minimum absolute atomic E-state index is 0.0918. The van der Waals surface area contributed by atoms with Crippen molar-refractivity contribution in [2.45, 2.75) is 64.6 Å². The van der Waals surface area contributed by atoms with Gasteiger partial charge in [0.25, 0.3) is 0 Å². The van der Waals surface area contributed by atoms with E-state index >= 15 is 0 Å². The Balaban J connectivity index is 1.82. The predicted molar refractivity (Wildman–Crippen MR) is 97.6 cm³/mol. The number of ether oxygens (including phenoxy) is 1. The summed E-state index contributed by atoms with van der Waals surface area (Å²) < 4.78 is 5.23. The molecule has 2 aliphatic rings. The van der Waals surface area contributed by atoms with E-state index < -0.39 is 12.1 Å². The van der Waals surface area contributed by atoms with Crippen LogP contribution in [0.2, 0.25) is 0 Å². The van der Waals surface area contributed by atoms with Gasteiger partial charge in [0.15, 0.2) is 0 Å².